The minimum Gasteiger partial charge on any atom is -0.448 e. The fourth-order valence-electron chi connectivity index (χ4n) is 3.64. The largest absolute Gasteiger partial charge is 0.448 e. The van der Waals surface area contributed by atoms with Gasteiger partial charge in [0.1, 0.15) is 5.75 Å². The molecule has 0 saturated heterocycles. The number of carbonyl (C=O) groups excluding carboxylic acids is 1. The molecule has 4 rings (SSSR count). The van der Waals surface area contributed by atoms with Gasteiger partial charge in [-0.25, -0.2) is 0 Å². The van der Waals surface area contributed by atoms with E-state index in [1.807, 2.05) is 0 Å². The Kier molecular flexibility index (Phi) is 5.38. The number of fused-ring (bicyclic) bond motifs is 1. The minimum atomic E-state index is -2.93. The fraction of sp³-hybridized carbons (Fsp3) is 0.318. The summed E-state index contributed by atoms with van der Waals surface area (Å²) >= 11 is 0. The fourth-order valence-corrected chi connectivity index (χ4v) is 3.64. The maximum absolute atomic E-state index is 12.5. The Balaban J connectivity index is 1.42. The predicted octanol–water partition coefficient (Wildman–Crippen LogP) is 5.37. The van der Waals surface area contributed by atoms with Crippen molar-refractivity contribution in [3.05, 3.63) is 54.1 Å². The van der Waals surface area contributed by atoms with Gasteiger partial charge in [0.15, 0.2) is 11.5 Å². The third-order valence-electron chi connectivity index (χ3n) is 4.97. The number of carbonyl (C=O) groups is 1. The third-order valence-corrected chi connectivity index (χ3v) is 4.97. The van der Waals surface area contributed by atoms with E-state index in [4.69, 9.17) is 9.47 Å². The molecule has 0 bridgehead atoms. The van der Waals surface area contributed by atoms with Gasteiger partial charge in [-0.3, -0.25) is 4.79 Å². The minimum absolute atomic E-state index is 0.00686. The molecule has 7 heteroatoms. The SMILES string of the molecule is O=C(/C=C/c1ccccc1OC(F)F)Nc1ccc2c(c1)OC1(CCCCC1)O2. The second-order valence-corrected chi connectivity index (χ2v) is 7.08. The Hall–Kier alpha value is -3.09. The highest BCUT2D eigenvalue weighted by Crippen LogP contribution is 2.46. The lowest BCUT2D eigenvalue weighted by Crippen LogP contribution is -2.40. The van der Waals surface area contributed by atoms with Crippen molar-refractivity contribution in [2.45, 2.75) is 44.5 Å². The average molecular weight is 401 g/mol. The van der Waals surface area contributed by atoms with Crippen molar-refractivity contribution in [3.63, 3.8) is 0 Å². The molecule has 1 aliphatic carbocycles. The summed E-state index contributed by atoms with van der Waals surface area (Å²) in [6, 6.07) is 11.5. The number of alkyl halides is 2. The van der Waals surface area contributed by atoms with E-state index in [0.29, 0.717) is 22.7 Å². The van der Waals surface area contributed by atoms with Crippen LogP contribution in [0.1, 0.15) is 37.7 Å². The number of para-hydroxylation sites is 1. The van der Waals surface area contributed by atoms with Crippen LogP contribution in [0.15, 0.2) is 48.5 Å². The van der Waals surface area contributed by atoms with Crippen molar-refractivity contribution in [1.82, 2.24) is 0 Å². The van der Waals surface area contributed by atoms with Gasteiger partial charge < -0.3 is 19.5 Å². The molecule has 5 nitrogen and oxygen atoms in total. The Morgan fingerprint density at radius 1 is 1.07 bits per heavy atom. The molecule has 0 atom stereocenters. The summed E-state index contributed by atoms with van der Waals surface area (Å²) in [7, 11) is 0. The first-order valence-electron chi connectivity index (χ1n) is 9.58. The highest BCUT2D eigenvalue weighted by molar-refractivity contribution is 6.02. The number of benzene rings is 2. The second-order valence-electron chi connectivity index (χ2n) is 7.08. The number of halogens is 2. The zero-order valence-electron chi connectivity index (χ0n) is 15.7. The van der Waals surface area contributed by atoms with Crippen LogP contribution in [-0.4, -0.2) is 18.3 Å². The molecule has 1 N–H and O–H groups in total. The molecule has 29 heavy (non-hydrogen) atoms. The molecule has 0 radical (unpaired) electrons. The van der Waals surface area contributed by atoms with Crippen molar-refractivity contribution >= 4 is 17.7 Å². The van der Waals surface area contributed by atoms with E-state index in [1.165, 1.54) is 24.6 Å². The summed E-state index contributed by atoms with van der Waals surface area (Å²) in [5, 5.41) is 2.74. The van der Waals surface area contributed by atoms with Crippen LogP contribution in [0.3, 0.4) is 0 Å². The van der Waals surface area contributed by atoms with Crippen molar-refractivity contribution in [3.8, 4) is 17.2 Å². The first kappa shape index (κ1) is 19.2. The number of hydrogen-bond acceptors (Lipinski definition) is 4. The van der Waals surface area contributed by atoms with Gasteiger partial charge >= 0.3 is 6.61 Å². The zero-order chi connectivity index (χ0) is 20.3. The van der Waals surface area contributed by atoms with Gasteiger partial charge in [-0.15, -0.1) is 0 Å². The second kappa shape index (κ2) is 8.11. The maximum atomic E-state index is 12.5. The number of anilines is 1. The number of ether oxygens (including phenoxy) is 3. The van der Waals surface area contributed by atoms with E-state index in [1.54, 1.807) is 36.4 Å². The van der Waals surface area contributed by atoms with Crippen molar-refractivity contribution < 1.29 is 27.8 Å². The molecule has 1 fully saturated rings. The van der Waals surface area contributed by atoms with Crippen LogP contribution in [0.4, 0.5) is 14.5 Å². The van der Waals surface area contributed by atoms with Gasteiger partial charge in [0.2, 0.25) is 5.91 Å². The van der Waals surface area contributed by atoms with Crippen LogP contribution in [0.25, 0.3) is 6.08 Å². The van der Waals surface area contributed by atoms with E-state index in [0.717, 1.165) is 25.7 Å². The lowest BCUT2D eigenvalue weighted by atomic mass is 9.94. The lowest BCUT2D eigenvalue weighted by Gasteiger charge is -2.31. The van der Waals surface area contributed by atoms with Crippen LogP contribution in [0.2, 0.25) is 0 Å². The molecular weight excluding hydrogens is 380 g/mol. The summed E-state index contributed by atoms with van der Waals surface area (Å²) in [6.45, 7) is -2.93. The van der Waals surface area contributed by atoms with Gasteiger partial charge in [0.05, 0.1) is 0 Å². The standard InChI is InChI=1S/C22H21F2NO4/c23-21(24)27-17-7-3-2-6-15(17)8-11-20(26)25-16-9-10-18-19(14-16)29-22(28-18)12-4-1-5-13-22/h2-3,6-11,14,21H,1,4-5,12-13H2,(H,25,26)/b11-8+. The Bertz CT molecular complexity index is 923. The topological polar surface area (TPSA) is 56.8 Å². The lowest BCUT2D eigenvalue weighted by molar-refractivity contribution is -0.111. The number of hydrogen-bond donors (Lipinski definition) is 1. The molecule has 0 aromatic heterocycles. The summed E-state index contributed by atoms with van der Waals surface area (Å²) in [6.07, 6.45) is 7.72. The van der Waals surface area contributed by atoms with Crippen molar-refractivity contribution in [2.24, 2.45) is 0 Å². The highest BCUT2D eigenvalue weighted by Gasteiger charge is 2.42. The van der Waals surface area contributed by atoms with Crippen LogP contribution < -0.4 is 19.5 Å². The molecule has 152 valence electrons. The van der Waals surface area contributed by atoms with Gasteiger partial charge in [-0.1, -0.05) is 24.6 Å². The maximum Gasteiger partial charge on any atom is 0.387 e. The third kappa shape index (κ3) is 4.50. The smallest absolute Gasteiger partial charge is 0.387 e. The zero-order valence-corrected chi connectivity index (χ0v) is 15.7. The van der Waals surface area contributed by atoms with E-state index in [2.05, 4.69) is 10.1 Å². The molecule has 1 aliphatic heterocycles. The van der Waals surface area contributed by atoms with Crippen LogP contribution in [-0.2, 0) is 4.79 Å². The van der Waals surface area contributed by atoms with Gasteiger partial charge in [-0.2, -0.15) is 8.78 Å². The van der Waals surface area contributed by atoms with Crippen LogP contribution in [0, 0.1) is 0 Å². The quantitative estimate of drug-likeness (QED) is 0.684. The first-order chi connectivity index (χ1) is 14.0. The monoisotopic (exact) mass is 401 g/mol. The van der Waals surface area contributed by atoms with E-state index in [9.17, 15) is 13.6 Å². The summed E-state index contributed by atoms with van der Waals surface area (Å²) in [5.41, 5.74) is 0.944. The molecule has 2 aromatic carbocycles. The van der Waals surface area contributed by atoms with Crippen molar-refractivity contribution in [2.75, 3.05) is 5.32 Å². The van der Waals surface area contributed by atoms with Crippen LogP contribution in [0.5, 0.6) is 17.2 Å². The molecule has 1 amide bonds. The summed E-state index contributed by atoms with van der Waals surface area (Å²) in [5.74, 6) is 0.329. The average Bonchev–Trinajstić information content (AvgIpc) is 3.04. The molecule has 2 aromatic rings. The van der Waals surface area contributed by atoms with E-state index >= 15 is 0 Å². The molecule has 1 spiro atoms. The van der Waals surface area contributed by atoms with Crippen molar-refractivity contribution in [1.29, 1.82) is 0 Å². The molecule has 0 unspecified atom stereocenters. The normalized spacial score (nSPS) is 17.1. The first-order valence-corrected chi connectivity index (χ1v) is 9.58. The number of amides is 1. The number of nitrogens with one attached hydrogen (secondary N) is 1. The van der Waals surface area contributed by atoms with E-state index < -0.39 is 18.3 Å². The predicted molar refractivity (Wildman–Crippen MR) is 104 cm³/mol. The highest BCUT2D eigenvalue weighted by atomic mass is 19.3. The molecular formula is C22H21F2NO4. The summed E-state index contributed by atoms with van der Waals surface area (Å²) in [4.78, 5) is 12.3. The Labute approximate surface area is 167 Å². The van der Waals surface area contributed by atoms with Gasteiger partial charge in [0.25, 0.3) is 5.79 Å². The van der Waals surface area contributed by atoms with Gasteiger partial charge in [0, 0.05) is 36.2 Å². The van der Waals surface area contributed by atoms with Crippen LogP contribution >= 0.6 is 0 Å². The molecule has 1 heterocycles. The van der Waals surface area contributed by atoms with E-state index in [-0.39, 0.29) is 5.75 Å². The summed E-state index contributed by atoms with van der Waals surface area (Å²) < 4.78 is 41.5. The molecule has 2 aliphatic rings. The Morgan fingerprint density at radius 2 is 1.83 bits per heavy atom. The van der Waals surface area contributed by atoms with Gasteiger partial charge in [-0.05, 0) is 37.1 Å². The Morgan fingerprint density at radius 3 is 2.62 bits per heavy atom. The molecule has 1 saturated carbocycles. The number of rotatable bonds is 5.